The van der Waals surface area contributed by atoms with Crippen molar-refractivity contribution >= 4 is 35.2 Å². The van der Waals surface area contributed by atoms with Crippen molar-refractivity contribution in [3.05, 3.63) is 24.3 Å². The maximum absolute atomic E-state index is 12.9. The molecule has 1 saturated heterocycles. The number of anilines is 1. The first kappa shape index (κ1) is 27.4. The molecule has 0 bridgehead atoms. The van der Waals surface area contributed by atoms with Gasteiger partial charge in [0.25, 0.3) is 5.91 Å². The Labute approximate surface area is 210 Å². The van der Waals surface area contributed by atoms with E-state index in [0.717, 1.165) is 5.69 Å². The smallest absolute Gasteiger partial charge is 0.258 e. The normalized spacial score (nSPS) is 17.4. The van der Waals surface area contributed by atoms with E-state index in [4.69, 9.17) is 17.6 Å². The highest BCUT2D eigenvalue weighted by atomic mass is 32.2. The number of ether oxygens (including phenoxy) is 1. The lowest BCUT2D eigenvalue weighted by molar-refractivity contribution is -0.131. The van der Waals surface area contributed by atoms with Crippen LogP contribution < -0.4 is 20.7 Å². The lowest BCUT2D eigenvalue weighted by Gasteiger charge is -2.23. The first-order valence-electron chi connectivity index (χ1n) is 11.2. The molecular formula is C25H29N5O4S. The summed E-state index contributed by atoms with van der Waals surface area (Å²) in [6.45, 7) is 2.98. The number of benzene rings is 1. The molecule has 184 valence electrons. The molecule has 1 heterocycles. The molecule has 3 amide bonds. The summed E-state index contributed by atoms with van der Waals surface area (Å²) < 4.78 is 5.48. The molecule has 1 aromatic rings. The van der Waals surface area contributed by atoms with Gasteiger partial charge in [0.15, 0.2) is 6.61 Å². The van der Waals surface area contributed by atoms with Gasteiger partial charge >= 0.3 is 0 Å². The molecule has 2 rings (SSSR count). The van der Waals surface area contributed by atoms with E-state index in [-0.39, 0.29) is 48.6 Å². The minimum atomic E-state index is -0.879. The molecule has 0 radical (unpaired) electrons. The summed E-state index contributed by atoms with van der Waals surface area (Å²) in [5, 5.41) is 17.2. The zero-order valence-electron chi connectivity index (χ0n) is 19.6. The number of hydrogen-bond acceptors (Lipinski definition) is 7. The van der Waals surface area contributed by atoms with E-state index >= 15 is 0 Å². The van der Waals surface area contributed by atoms with Crippen molar-refractivity contribution in [1.82, 2.24) is 15.5 Å². The number of terminal acetylenes is 2. The fourth-order valence-electron chi connectivity index (χ4n) is 3.46. The summed E-state index contributed by atoms with van der Waals surface area (Å²) in [4.78, 5) is 38.4. The summed E-state index contributed by atoms with van der Waals surface area (Å²) in [5.41, 5.74) is 0.792. The molecule has 1 aliphatic rings. The van der Waals surface area contributed by atoms with Crippen LogP contribution in [0, 0.1) is 41.9 Å². The van der Waals surface area contributed by atoms with Crippen LogP contribution in [0.15, 0.2) is 24.3 Å². The van der Waals surface area contributed by atoms with Crippen LogP contribution >= 0.6 is 11.8 Å². The predicted octanol–water partition coefficient (Wildman–Crippen LogP) is 1.19. The van der Waals surface area contributed by atoms with E-state index in [1.165, 1.54) is 11.8 Å². The molecule has 3 atom stereocenters. The van der Waals surface area contributed by atoms with Gasteiger partial charge < -0.3 is 25.6 Å². The molecule has 0 saturated carbocycles. The van der Waals surface area contributed by atoms with Crippen molar-refractivity contribution in [1.29, 1.82) is 5.26 Å². The van der Waals surface area contributed by atoms with Crippen LogP contribution in [0.1, 0.15) is 19.8 Å². The molecule has 1 aliphatic heterocycles. The van der Waals surface area contributed by atoms with Crippen LogP contribution in [0.2, 0.25) is 0 Å². The molecule has 10 heteroatoms. The third kappa shape index (κ3) is 8.48. The molecule has 3 unspecified atom stereocenters. The van der Waals surface area contributed by atoms with E-state index in [2.05, 4.69) is 27.8 Å². The highest BCUT2D eigenvalue weighted by Gasteiger charge is 2.40. The van der Waals surface area contributed by atoms with Crippen LogP contribution in [-0.4, -0.2) is 66.0 Å². The van der Waals surface area contributed by atoms with E-state index in [1.54, 1.807) is 23.1 Å². The number of carbonyl (C=O) groups is 3. The van der Waals surface area contributed by atoms with E-state index < -0.39 is 11.8 Å². The summed E-state index contributed by atoms with van der Waals surface area (Å²) in [6.07, 6.45) is 11.1. The first-order chi connectivity index (χ1) is 16.9. The van der Waals surface area contributed by atoms with Crippen molar-refractivity contribution in [2.24, 2.45) is 5.92 Å². The van der Waals surface area contributed by atoms with Gasteiger partial charge in [-0.1, -0.05) is 17.9 Å². The summed E-state index contributed by atoms with van der Waals surface area (Å²) in [5.74, 6) is 3.56. The lowest BCUT2D eigenvalue weighted by atomic mass is 10.1. The number of carbonyl (C=O) groups excluding carboxylic acids is 3. The second-order valence-corrected chi connectivity index (χ2v) is 8.94. The van der Waals surface area contributed by atoms with Gasteiger partial charge in [0.1, 0.15) is 11.7 Å². The standard InChI is InChI=1S/C25H29N5O4S/c1-4-11-28-22(31)17-34-20-9-7-8-19(15-20)27-13-10-21-25(33)30(6-3)23(35-21)14-18(16-26)24(32)29-12-5-2/h1-2,7-9,15,18,21,23,27H,6,10-14,17H2,3H3,(H,28,31)(H,29,32). The van der Waals surface area contributed by atoms with Crippen molar-refractivity contribution in [2.75, 3.05) is 38.1 Å². The van der Waals surface area contributed by atoms with Crippen LogP contribution in [0.5, 0.6) is 5.75 Å². The zero-order chi connectivity index (χ0) is 25.6. The van der Waals surface area contributed by atoms with Gasteiger partial charge in [-0.15, -0.1) is 24.6 Å². The number of amides is 3. The topological polar surface area (TPSA) is 124 Å². The third-order valence-corrected chi connectivity index (χ3v) is 6.70. The maximum Gasteiger partial charge on any atom is 0.258 e. The molecule has 1 fully saturated rings. The number of hydrogen-bond donors (Lipinski definition) is 3. The van der Waals surface area contributed by atoms with Gasteiger partial charge in [-0.3, -0.25) is 14.4 Å². The molecule has 35 heavy (non-hydrogen) atoms. The number of thioether (sulfide) groups is 1. The summed E-state index contributed by atoms with van der Waals surface area (Å²) in [6, 6.07) is 9.19. The Morgan fingerprint density at radius 1 is 1.26 bits per heavy atom. The summed E-state index contributed by atoms with van der Waals surface area (Å²) >= 11 is 1.47. The number of nitrogens with one attached hydrogen (secondary N) is 3. The van der Waals surface area contributed by atoms with E-state index in [9.17, 15) is 19.6 Å². The Morgan fingerprint density at radius 2 is 2.00 bits per heavy atom. The fourth-order valence-corrected chi connectivity index (χ4v) is 5.04. The summed E-state index contributed by atoms with van der Waals surface area (Å²) in [7, 11) is 0. The van der Waals surface area contributed by atoms with Crippen LogP contribution in [-0.2, 0) is 14.4 Å². The van der Waals surface area contributed by atoms with Gasteiger partial charge in [0.05, 0.1) is 29.8 Å². The SMILES string of the molecule is C#CCNC(=O)COc1cccc(NCCC2SC(CC(C#N)C(=O)NCC#C)N(CC)C2=O)c1. The minimum Gasteiger partial charge on any atom is -0.484 e. The Balaban J connectivity index is 1.87. The first-order valence-corrected chi connectivity index (χ1v) is 12.1. The van der Waals surface area contributed by atoms with Crippen molar-refractivity contribution < 1.29 is 19.1 Å². The molecular weight excluding hydrogens is 466 g/mol. The van der Waals surface area contributed by atoms with Crippen molar-refractivity contribution in [3.63, 3.8) is 0 Å². The minimum absolute atomic E-state index is 0.0000818. The fraction of sp³-hybridized carbons (Fsp3) is 0.440. The van der Waals surface area contributed by atoms with Crippen molar-refractivity contribution in [3.8, 4) is 36.5 Å². The largest absolute Gasteiger partial charge is 0.484 e. The van der Waals surface area contributed by atoms with Gasteiger partial charge in [-0.2, -0.15) is 5.26 Å². The van der Waals surface area contributed by atoms with Gasteiger partial charge in [-0.25, -0.2) is 0 Å². The Bertz CT molecular complexity index is 1030. The third-order valence-electron chi connectivity index (χ3n) is 5.17. The highest BCUT2D eigenvalue weighted by molar-refractivity contribution is 8.01. The molecule has 0 spiro atoms. The second-order valence-electron chi connectivity index (χ2n) is 7.56. The predicted molar refractivity (Wildman–Crippen MR) is 135 cm³/mol. The molecule has 1 aromatic carbocycles. The lowest BCUT2D eigenvalue weighted by Crippen LogP contribution is -2.38. The molecule has 3 N–H and O–H groups in total. The van der Waals surface area contributed by atoms with Gasteiger partial charge in [-0.05, 0) is 25.5 Å². The second kappa shape index (κ2) is 14.5. The molecule has 0 aromatic heterocycles. The maximum atomic E-state index is 12.9. The van der Waals surface area contributed by atoms with Gasteiger partial charge in [0.2, 0.25) is 11.8 Å². The van der Waals surface area contributed by atoms with E-state index in [1.807, 2.05) is 19.1 Å². The molecule has 0 aliphatic carbocycles. The van der Waals surface area contributed by atoms with Crippen LogP contribution in [0.3, 0.4) is 0 Å². The monoisotopic (exact) mass is 495 g/mol. The Hall–Kier alpha value is -3.81. The quantitative estimate of drug-likeness (QED) is 0.351. The Kier molecular flexibility index (Phi) is 11.3. The Morgan fingerprint density at radius 3 is 2.69 bits per heavy atom. The molecule has 9 nitrogen and oxygen atoms in total. The van der Waals surface area contributed by atoms with Crippen LogP contribution in [0.25, 0.3) is 0 Å². The number of nitriles is 1. The number of rotatable bonds is 13. The zero-order valence-corrected chi connectivity index (χ0v) is 20.4. The van der Waals surface area contributed by atoms with Crippen molar-refractivity contribution in [2.45, 2.75) is 30.4 Å². The van der Waals surface area contributed by atoms with E-state index in [0.29, 0.717) is 25.3 Å². The van der Waals surface area contributed by atoms with Crippen LogP contribution in [0.4, 0.5) is 5.69 Å². The highest BCUT2D eigenvalue weighted by Crippen LogP contribution is 2.37. The van der Waals surface area contributed by atoms with Gasteiger partial charge in [0, 0.05) is 31.3 Å². The average Bonchev–Trinajstić information content (AvgIpc) is 3.17. The number of nitrogens with zero attached hydrogens (tertiary/aromatic N) is 2. The average molecular weight is 496 g/mol.